The van der Waals surface area contributed by atoms with Crippen molar-refractivity contribution >= 4 is 17.3 Å². The van der Waals surface area contributed by atoms with Crippen molar-refractivity contribution < 1.29 is 22.9 Å². The first-order valence-electron chi connectivity index (χ1n) is 8.91. The van der Waals surface area contributed by atoms with Crippen LogP contribution in [0.3, 0.4) is 0 Å². The molecule has 1 aliphatic rings. The molecule has 0 aliphatic carbocycles. The minimum Gasteiger partial charge on any atom is -0.371 e. The number of piperidine rings is 1. The lowest BCUT2D eigenvalue weighted by Crippen LogP contribution is -2.44. The summed E-state index contributed by atoms with van der Waals surface area (Å²) >= 11 is 0. The van der Waals surface area contributed by atoms with E-state index >= 15 is 0 Å². The van der Waals surface area contributed by atoms with Crippen LogP contribution in [0.15, 0.2) is 18.2 Å². The summed E-state index contributed by atoms with van der Waals surface area (Å²) < 4.78 is 40.1. The average molecular weight is 387 g/mol. The van der Waals surface area contributed by atoms with Gasteiger partial charge in [0.2, 0.25) is 5.91 Å². The van der Waals surface area contributed by atoms with E-state index in [-0.39, 0.29) is 36.6 Å². The standard InChI is InChI=1S/C18H24F3N3O3/c1-11(2)12(3)22-17(25)13-6-8-23(9-7-13)16-5-4-14(24(26)27)10-15(16)18(19,20)21/h4-5,10-13H,6-9H2,1-3H3,(H,22,25). The van der Waals surface area contributed by atoms with Crippen molar-refractivity contribution in [2.45, 2.75) is 45.8 Å². The number of alkyl halides is 3. The minimum atomic E-state index is -4.69. The van der Waals surface area contributed by atoms with Crippen LogP contribution in [0.25, 0.3) is 0 Å². The van der Waals surface area contributed by atoms with Gasteiger partial charge in [0.25, 0.3) is 5.69 Å². The van der Waals surface area contributed by atoms with Crippen LogP contribution in [0.4, 0.5) is 24.5 Å². The molecule has 1 fully saturated rings. The summed E-state index contributed by atoms with van der Waals surface area (Å²) in [5.74, 6) is -0.0195. The third-order valence-electron chi connectivity index (χ3n) is 5.07. The number of carbonyl (C=O) groups excluding carboxylic acids is 1. The lowest BCUT2D eigenvalue weighted by molar-refractivity contribution is -0.385. The number of nitrogens with one attached hydrogen (secondary N) is 1. The van der Waals surface area contributed by atoms with Crippen LogP contribution in [0.2, 0.25) is 0 Å². The number of carbonyl (C=O) groups is 1. The van der Waals surface area contributed by atoms with Crippen molar-refractivity contribution in [1.82, 2.24) is 5.32 Å². The van der Waals surface area contributed by atoms with Gasteiger partial charge >= 0.3 is 6.18 Å². The fourth-order valence-electron chi connectivity index (χ4n) is 3.03. The molecule has 6 nitrogen and oxygen atoms in total. The van der Waals surface area contributed by atoms with E-state index < -0.39 is 22.4 Å². The van der Waals surface area contributed by atoms with Crippen LogP contribution in [-0.4, -0.2) is 30.0 Å². The monoisotopic (exact) mass is 387 g/mol. The van der Waals surface area contributed by atoms with Gasteiger partial charge in [-0.3, -0.25) is 14.9 Å². The zero-order valence-electron chi connectivity index (χ0n) is 15.5. The van der Waals surface area contributed by atoms with Gasteiger partial charge < -0.3 is 10.2 Å². The molecular formula is C18H24F3N3O3. The number of hydrogen-bond donors (Lipinski definition) is 1. The maximum atomic E-state index is 13.4. The van der Waals surface area contributed by atoms with Gasteiger partial charge in [-0.1, -0.05) is 13.8 Å². The molecule has 1 unspecified atom stereocenters. The third-order valence-corrected chi connectivity index (χ3v) is 5.07. The summed E-state index contributed by atoms with van der Waals surface area (Å²) in [5.41, 5.74) is -1.70. The Bertz CT molecular complexity index is 699. The first-order valence-corrected chi connectivity index (χ1v) is 8.91. The Morgan fingerprint density at radius 2 is 1.85 bits per heavy atom. The molecule has 9 heteroatoms. The van der Waals surface area contributed by atoms with Crippen LogP contribution >= 0.6 is 0 Å². The highest BCUT2D eigenvalue weighted by atomic mass is 19.4. The highest BCUT2D eigenvalue weighted by molar-refractivity contribution is 5.79. The van der Waals surface area contributed by atoms with Gasteiger partial charge in [-0.25, -0.2) is 0 Å². The van der Waals surface area contributed by atoms with Crippen LogP contribution in [0.5, 0.6) is 0 Å². The normalized spacial score (nSPS) is 17.1. The van der Waals surface area contributed by atoms with Gasteiger partial charge in [-0.05, 0) is 31.7 Å². The summed E-state index contributed by atoms with van der Waals surface area (Å²) in [5, 5.41) is 13.7. The predicted molar refractivity (Wildman–Crippen MR) is 95.5 cm³/mol. The molecule has 1 aromatic carbocycles. The van der Waals surface area contributed by atoms with E-state index in [1.807, 2.05) is 20.8 Å². The summed E-state index contributed by atoms with van der Waals surface area (Å²) in [4.78, 5) is 23.8. The van der Waals surface area contributed by atoms with E-state index in [9.17, 15) is 28.1 Å². The second kappa shape index (κ2) is 8.14. The Labute approximate surface area is 155 Å². The number of amides is 1. The van der Waals surface area contributed by atoms with Crippen molar-refractivity contribution in [1.29, 1.82) is 0 Å². The van der Waals surface area contributed by atoms with E-state index in [0.717, 1.165) is 12.1 Å². The highest BCUT2D eigenvalue weighted by Gasteiger charge is 2.37. The Hall–Kier alpha value is -2.32. The second-order valence-electron chi connectivity index (χ2n) is 7.26. The number of rotatable bonds is 5. The maximum Gasteiger partial charge on any atom is 0.418 e. The third kappa shape index (κ3) is 5.11. The number of nitro groups is 1. The van der Waals surface area contributed by atoms with Crippen molar-refractivity contribution in [3.8, 4) is 0 Å². The van der Waals surface area contributed by atoms with E-state index in [1.54, 1.807) is 4.90 Å². The Kier molecular flexibility index (Phi) is 6.33. The smallest absolute Gasteiger partial charge is 0.371 e. The topological polar surface area (TPSA) is 75.5 Å². The van der Waals surface area contributed by atoms with Crippen molar-refractivity contribution in [2.75, 3.05) is 18.0 Å². The van der Waals surface area contributed by atoms with Gasteiger partial charge in [0.1, 0.15) is 0 Å². The van der Waals surface area contributed by atoms with Gasteiger partial charge in [-0.2, -0.15) is 13.2 Å². The first-order chi connectivity index (χ1) is 12.5. The molecule has 0 spiro atoms. The fraction of sp³-hybridized carbons (Fsp3) is 0.611. The van der Waals surface area contributed by atoms with Crippen LogP contribution in [0, 0.1) is 22.0 Å². The SMILES string of the molecule is CC(C)C(C)NC(=O)C1CCN(c2ccc([N+](=O)[O-])cc2C(F)(F)F)CC1. The molecule has 0 saturated carbocycles. The lowest BCUT2D eigenvalue weighted by Gasteiger charge is -2.35. The number of hydrogen-bond acceptors (Lipinski definition) is 4. The molecule has 1 amide bonds. The van der Waals surface area contributed by atoms with Crippen LogP contribution in [0.1, 0.15) is 39.2 Å². The van der Waals surface area contributed by atoms with Crippen molar-refractivity contribution in [3.05, 3.63) is 33.9 Å². The molecule has 0 bridgehead atoms. The van der Waals surface area contributed by atoms with E-state index in [4.69, 9.17) is 0 Å². The number of non-ortho nitro benzene ring substituents is 1. The molecule has 0 aromatic heterocycles. The number of nitrogens with zero attached hydrogens (tertiary/aromatic N) is 2. The van der Waals surface area contributed by atoms with Gasteiger partial charge in [0.05, 0.1) is 10.5 Å². The average Bonchev–Trinajstić information content (AvgIpc) is 2.60. The molecule has 0 radical (unpaired) electrons. The second-order valence-corrected chi connectivity index (χ2v) is 7.26. The summed E-state index contributed by atoms with van der Waals surface area (Å²) in [6.45, 7) is 6.50. The largest absolute Gasteiger partial charge is 0.418 e. The molecule has 2 rings (SSSR count). The summed E-state index contributed by atoms with van der Waals surface area (Å²) in [7, 11) is 0. The van der Waals surface area contributed by atoms with Crippen LogP contribution < -0.4 is 10.2 Å². The lowest BCUT2D eigenvalue weighted by atomic mass is 9.94. The maximum absolute atomic E-state index is 13.4. The van der Waals surface area contributed by atoms with E-state index in [1.165, 1.54) is 0 Å². The Morgan fingerprint density at radius 3 is 2.33 bits per heavy atom. The number of benzene rings is 1. The molecule has 1 heterocycles. The summed E-state index contributed by atoms with van der Waals surface area (Å²) in [6, 6.07) is 2.82. The number of anilines is 1. The van der Waals surface area contributed by atoms with Gasteiger partial charge in [-0.15, -0.1) is 0 Å². The van der Waals surface area contributed by atoms with Crippen LogP contribution in [-0.2, 0) is 11.0 Å². The molecule has 1 aromatic rings. The molecule has 27 heavy (non-hydrogen) atoms. The predicted octanol–water partition coefficient (Wildman–Crippen LogP) is 3.99. The number of nitro benzene ring substituents is 1. The summed E-state index contributed by atoms with van der Waals surface area (Å²) in [6.07, 6.45) is -3.82. The van der Waals surface area contributed by atoms with E-state index in [0.29, 0.717) is 24.8 Å². The van der Waals surface area contributed by atoms with Gasteiger partial charge in [0, 0.05) is 42.9 Å². The van der Waals surface area contributed by atoms with Gasteiger partial charge in [0.15, 0.2) is 0 Å². The molecule has 1 saturated heterocycles. The Balaban J connectivity index is 2.12. The van der Waals surface area contributed by atoms with Crippen molar-refractivity contribution in [2.24, 2.45) is 11.8 Å². The quantitative estimate of drug-likeness (QED) is 0.612. The molecule has 1 N–H and O–H groups in total. The zero-order chi connectivity index (χ0) is 20.4. The van der Waals surface area contributed by atoms with E-state index in [2.05, 4.69) is 5.32 Å². The first kappa shape index (κ1) is 21.0. The minimum absolute atomic E-state index is 0.0297. The Morgan fingerprint density at radius 1 is 1.26 bits per heavy atom. The van der Waals surface area contributed by atoms with Crippen molar-refractivity contribution in [3.63, 3.8) is 0 Å². The molecular weight excluding hydrogens is 363 g/mol. The molecule has 1 aliphatic heterocycles. The highest BCUT2D eigenvalue weighted by Crippen LogP contribution is 2.39. The number of halogens is 3. The fourth-order valence-corrected chi connectivity index (χ4v) is 3.03. The molecule has 150 valence electrons. The zero-order valence-corrected chi connectivity index (χ0v) is 15.5. The molecule has 1 atom stereocenters.